The van der Waals surface area contributed by atoms with Crippen LogP contribution in [-0.4, -0.2) is 179 Å². The zero-order valence-electron chi connectivity index (χ0n) is 44.5. The lowest BCUT2D eigenvalue weighted by Crippen LogP contribution is -2.52. The van der Waals surface area contributed by atoms with Crippen molar-refractivity contribution in [1.29, 1.82) is 0 Å². The van der Waals surface area contributed by atoms with Crippen LogP contribution >= 0.6 is 0 Å². The number of hydrogen-bond acceptors (Lipinski definition) is 9. The van der Waals surface area contributed by atoms with E-state index in [1.54, 1.807) is 7.11 Å². The van der Waals surface area contributed by atoms with Crippen LogP contribution in [0, 0.1) is 0 Å². The highest BCUT2D eigenvalue weighted by molar-refractivity contribution is 5.95. The summed E-state index contributed by atoms with van der Waals surface area (Å²) < 4.78 is 5.57. The second-order valence-electron chi connectivity index (χ2n) is 23.3. The summed E-state index contributed by atoms with van der Waals surface area (Å²) in [4.78, 5) is 42.3. The summed E-state index contributed by atoms with van der Waals surface area (Å²) in [6, 6.07) is 24.4. The van der Waals surface area contributed by atoms with E-state index in [9.17, 15) is 9.59 Å². The topological polar surface area (TPSA) is 78.1 Å². The largest absolute Gasteiger partial charge is 0.496 e. The number of carbonyl (C=O) groups is 2. The Bertz CT molecular complexity index is 2010. The molecule has 11 heteroatoms. The van der Waals surface area contributed by atoms with E-state index >= 15 is 0 Å². The molecule has 0 unspecified atom stereocenters. The van der Waals surface area contributed by atoms with Crippen LogP contribution in [0.4, 0.5) is 5.69 Å². The van der Waals surface area contributed by atoms with Gasteiger partial charge in [-0.25, -0.2) is 0 Å². The maximum absolute atomic E-state index is 13.0. The lowest BCUT2D eigenvalue weighted by molar-refractivity contribution is 0.0513. The van der Waals surface area contributed by atoms with Crippen LogP contribution in [0.3, 0.4) is 0 Å². The Morgan fingerprint density at radius 2 is 0.897 bits per heavy atom. The maximum Gasteiger partial charge on any atom is 0.253 e. The fourth-order valence-electron chi connectivity index (χ4n) is 10.3. The van der Waals surface area contributed by atoms with Gasteiger partial charge in [0.2, 0.25) is 0 Å². The molecule has 1 N–H and O–H groups in total. The van der Waals surface area contributed by atoms with Gasteiger partial charge in [-0.05, 0) is 109 Å². The standard InChI is InChI=1S/C22H35N3O2.C21H33N3O.C14H22N2/c1-22(2,3)19-7-6-17(16-20(19)27-5)21(26)25-10-8-18(9-11-25)24-14-12-23(4)13-15-24;1-21(2,3)18-7-5-17(6-8-18)20(25)24-11-9-19(10-12-24)23-15-13-22(4)14-16-23;1-14(2,3)12-4-6-13(7-5-12)16-10-8-15-9-11-16/h6-7,16,18H,8-15H2,1-5H3;5-8,19H,9-16H2,1-4H3;4-7,15H,8-11H2,1-3H3. The number of amides is 2. The molecule has 0 spiro atoms. The molecule has 0 atom stereocenters. The number of likely N-dealkylation sites (N-methyl/N-ethyl adjacent to an activating group) is 2. The summed E-state index contributed by atoms with van der Waals surface area (Å²) >= 11 is 0. The first-order valence-corrected chi connectivity index (χ1v) is 26.0. The molecule has 0 saturated carbocycles. The van der Waals surface area contributed by atoms with Crippen LogP contribution < -0.4 is 15.0 Å². The summed E-state index contributed by atoms with van der Waals surface area (Å²) in [6.45, 7) is 37.0. The van der Waals surface area contributed by atoms with E-state index in [1.807, 2.05) is 40.1 Å². The smallest absolute Gasteiger partial charge is 0.253 e. The number of nitrogens with one attached hydrogen (secondary N) is 1. The fourth-order valence-corrected chi connectivity index (χ4v) is 10.3. The average molecular weight is 935 g/mol. The molecule has 376 valence electrons. The van der Waals surface area contributed by atoms with Gasteiger partial charge in [0, 0.05) is 134 Å². The van der Waals surface area contributed by atoms with Crippen LogP contribution in [0.15, 0.2) is 66.7 Å². The third-order valence-electron chi connectivity index (χ3n) is 15.1. The van der Waals surface area contributed by atoms with Gasteiger partial charge in [-0.1, -0.05) is 92.6 Å². The highest BCUT2D eigenvalue weighted by Crippen LogP contribution is 2.33. The van der Waals surface area contributed by atoms with Crippen molar-refractivity contribution in [3.8, 4) is 5.75 Å². The first-order chi connectivity index (χ1) is 32.2. The van der Waals surface area contributed by atoms with Gasteiger partial charge in [0.25, 0.3) is 11.8 Å². The SMILES string of the molecule is CC(C)(C)c1ccc(N2CCNCC2)cc1.CN1CCN(C2CCN(C(=O)c3ccc(C(C)(C)C)cc3)CC2)CC1.COc1cc(C(=O)N2CCC(N3CCN(C)CC3)CC2)ccc1C(C)(C)C. The van der Waals surface area contributed by atoms with E-state index < -0.39 is 0 Å². The molecular weight excluding hydrogens is 845 g/mol. The van der Waals surface area contributed by atoms with Crippen molar-refractivity contribution in [1.82, 2.24) is 34.7 Å². The summed E-state index contributed by atoms with van der Waals surface area (Å²) in [6.07, 6.45) is 4.37. The number of rotatable bonds is 6. The Hall–Kier alpha value is -4.00. The second kappa shape index (κ2) is 23.7. The number of piperidine rings is 2. The molecular formula is C57H90N8O3. The highest BCUT2D eigenvalue weighted by atomic mass is 16.5. The number of ether oxygens (including phenoxy) is 1. The number of carbonyl (C=O) groups excluding carboxylic acids is 2. The predicted molar refractivity (Wildman–Crippen MR) is 283 cm³/mol. The maximum atomic E-state index is 13.0. The van der Waals surface area contributed by atoms with Crippen LogP contribution in [0.1, 0.15) is 125 Å². The van der Waals surface area contributed by atoms with Crippen LogP contribution in [0.5, 0.6) is 5.75 Å². The monoisotopic (exact) mass is 935 g/mol. The third-order valence-corrected chi connectivity index (χ3v) is 15.1. The van der Waals surface area contributed by atoms with E-state index in [0.717, 1.165) is 127 Å². The molecule has 5 saturated heterocycles. The molecule has 2 amide bonds. The van der Waals surface area contributed by atoms with Gasteiger partial charge < -0.3 is 34.6 Å². The quantitative estimate of drug-likeness (QED) is 0.264. The van der Waals surface area contributed by atoms with Crippen LogP contribution in [0.25, 0.3) is 0 Å². The normalized spacial score (nSPS) is 20.3. The molecule has 0 bridgehead atoms. The third kappa shape index (κ3) is 14.8. The van der Waals surface area contributed by atoms with Crippen molar-refractivity contribution in [2.75, 3.05) is 131 Å². The molecule has 0 radical (unpaired) electrons. The van der Waals surface area contributed by atoms with Gasteiger partial charge in [0.05, 0.1) is 7.11 Å². The van der Waals surface area contributed by atoms with Gasteiger partial charge >= 0.3 is 0 Å². The van der Waals surface area contributed by atoms with Crippen LogP contribution in [0.2, 0.25) is 0 Å². The Morgan fingerprint density at radius 1 is 0.500 bits per heavy atom. The fraction of sp³-hybridized carbons (Fsp3) is 0.649. The molecule has 0 aromatic heterocycles. The van der Waals surface area contributed by atoms with Crippen molar-refractivity contribution >= 4 is 17.5 Å². The first kappa shape index (κ1) is 53.4. The van der Waals surface area contributed by atoms with Gasteiger partial charge in [0.1, 0.15) is 5.75 Å². The number of likely N-dealkylation sites (tertiary alicyclic amines) is 2. The van der Waals surface area contributed by atoms with Crippen molar-refractivity contribution in [3.63, 3.8) is 0 Å². The number of piperazine rings is 3. The molecule has 0 aliphatic carbocycles. The minimum Gasteiger partial charge on any atom is -0.496 e. The van der Waals surface area contributed by atoms with E-state index in [2.05, 4.69) is 143 Å². The Labute approximate surface area is 412 Å². The number of benzene rings is 3. The molecule has 3 aromatic rings. The summed E-state index contributed by atoms with van der Waals surface area (Å²) in [5, 5.41) is 3.38. The molecule has 5 aliphatic heterocycles. The van der Waals surface area contributed by atoms with Crippen molar-refractivity contribution in [3.05, 3.63) is 94.5 Å². The van der Waals surface area contributed by atoms with Crippen molar-refractivity contribution in [2.24, 2.45) is 0 Å². The van der Waals surface area contributed by atoms with E-state index in [1.165, 1.54) is 43.0 Å². The second-order valence-corrected chi connectivity index (χ2v) is 23.3. The summed E-state index contributed by atoms with van der Waals surface area (Å²) in [5.41, 5.74) is 7.11. The Morgan fingerprint density at radius 3 is 1.29 bits per heavy atom. The van der Waals surface area contributed by atoms with E-state index in [-0.39, 0.29) is 28.1 Å². The van der Waals surface area contributed by atoms with E-state index in [0.29, 0.717) is 12.1 Å². The van der Waals surface area contributed by atoms with Gasteiger partial charge in [0.15, 0.2) is 0 Å². The lowest BCUT2D eigenvalue weighted by Gasteiger charge is -2.42. The average Bonchev–Trinajstić information content (AvgIpc) is 3.34. The molecule has 3 aromatic carbocycles. The number of nitrogens with zero attached hydrogens (tertiary/aromatic N) is 7. The zero-order chi connectivity index (χ0) is 49.2. The van der Waals surface area contributed by atoms with Crippen molar-refractivity contribution < 1.29 is 14.3 Å². The van der Waals surface area contributed by atoms with Crippen LogP contribution in [-0.2, 0) is 16.2 Å². The Kier molecular flexibility index (Phi) is 18.6. The summed E-state index contributed by atoms with van der Waals surface area (Å²) in [5.74, 6) is 1.13. The van der Waals surface area contributed by atoms with Gasteiger partial charge in [-0.15, -0.1) is 0 Å². The summed E-state index contributed by atoms with van der Waals surface area (Å²) in [7, 11) is 6.07. The zero-order valence-corrected chi connectivity index (χ0v) is 44.5. The number of hydrogen-bond donors (Lipinski definition) is 1. The first-order valence-electron chi connectivity index (χ1n) is 26.0. The minimum atomic E-state index is -0.00617. The number of anilines is 1. The van der Waals surface area contributed by atoms with E-state index in [4.69, 9.17) is 4.74 Å². The molecule has 11 nitrogen and oxygen atoms in total. The molecule has 8 rings (SSSR count). The molecule has 5 fully saturated rings. The minimum absolute atomic E-state index is 0.00617. The lowest BCUT2D eigenvalue weighted by atomic mass is 9.85. The molecule has 68 heavy (non-hydrogen) atoms. The van der Waals surface area contributed by atoms with Crippen molar-refractivity contribution in [2.45, 2.75) is 116 Å². The van der Waals surface area contributed by atoms with Gasteiger partial charge in [-0.3, -0.25) is 19.4 Å². The molecule has 5 heterocycles. The number of methoxy groups -OCH3 is 1. The van der Waals surface area contributed by atoms with Gasteiger partial charge in [-0.2, -0.15) is 0 Å². The molecule has 5 aliphatic rings. The highest BCUT2D eigenvalue weighted by Gasteiger charge is 2.31. The Balaban J connectivity index is 0.000000173. The predicted octanol–water partition coefficient (Wildman–Crippen LogP) is 8.07.